The molecule has 4 heteroatoms. The summed E-state index contributed by atoms with van der Waals surface area (Å²) in [5.41, 5.74) is 0.229. The van der Waals surface area contributed by atoms with Crippen molar-refractivity contribution in [1.82, 2.24) is 0 Å². The van der Waals surface area contributed by atoms with Gasteiger partial charge in [0, 0.05) is 6.42 Å². The lowest BCUT2D eigenvalue weighted by Crippen LogP contribution is -2.58. The van der Waals surface area contributed by atoms with Gasteiger partial charge in [-0.3, -0.25) is 4.79 Å². The summed E-state index contributed by atoms with van der Waals surface area (Å²) in [6.07, 6.45) is 10.3. The van der Waals surface area contributed by atoms with E-state index < -0.39 is 5.97 Å². The highest BCUT2D eigenvalue weighted by molar-refractivity contribution is 5.66. The Bertz CT molecular complexity index is 577. The number of rotatable bonds is 5. The molecule has 3 N–H and O–H groups in total. The molecule has 3 saturated carbocycles. The lowest BCUT2D eigenvalue weighted by molar-refractivity contribution is -0.173. The molecule has 0 aliphatic heterocycles. The van der Waals surface area contributed by atoms with Gasteiger partial charge in [0.2, 0.25) is 0 Å². The summed E-state index contributed by atoms with van der Waals surface area (Å²) in [6, 6.07) is 0. The minimum atomic E-state index is -0.684. The zero-order valence-electron chi connectivity index (χ0n) is 19.7. The van der Waals surface area contributed by atoms with Gasteiger partial charge in [0.05, 0.1) is 12.2 Å². The second kappa shape index (κ2) is 9.90. The topological polar surface area (TPSA) is 77.8 Å². The maximum absolute atomic E-state index is 11.6. The summed E-state index contributed by atoms with van der Waals surface area (Å²) in [7, 11) is 0. The molecule has 10 atom stereocenters. The predicted molar refractivity (Wildman–Crippen MR) is 120 cm³/mol. The molecule has 0 amide bonds. The first-order chi connectivity index (χ1) is 14.2. The number of aliphatic hydroxyl groups is 2. The average molecular weight is 423 g/mol. The van der Waals surface area contributed by atoms with E-state index in [0.717, 1.165) is 44.9 Å². The van der Waals surface area contributed by atoms with E-state index in [9.17, 15) is 15.0 Å². The maximum atomic E-state index is 11.6. The van der Waals surface area contributed by atoms with E-state index in [2.05, 4.69) is 27.7 Å². The molecule has 0 radical (unpaired) electrons. The Morgan fingerprint density at radius 1 is 1.10 bits per heavy atom. The Labute approximate surface area is 183 Å². The van der Waals surface area contributed by atoms with Crippen molar-refractivity contribution in [3.05, 3.63) is 0 Å². The van der Waals surface area contributed by atoms with E-state index >= 15 is 0 Å². The fraction of sp³-hybridized carbons (Fsp3) is 0.962. The van der Waals surface area contributed by atoms with Gasteiger partial charge in [-0.25, -0.2) is 0 Å². The molecule has 0 heterocycles. The number of aliphatic carboxylic acids is 1. The van der Waals surface area contributed by atoms with Crippen LogP contribution in [0.15, 0.2) is 0 Å². The van der Waals surface area contributed by atoms with Crippen molar-refractivity contribution in [2.24, 2.45) is 46.8 Å². The average Bonchev–Trinajstić information content (AvgIpc) is 2.78. The van der Waals surface area contributed by atoms with Crippen molar-refractivity contribution in [3.8, 4) is 0 Å². The van der Waals surface area contributed by atoms with Crippen LogP contribution in [-0.2, 0) is 4.79 Å². The van der Waals surface area contributed by atoms with Crippen molar-refractivity contribution in [1.29, 1.82) is 0 Å². The summed E-state index contributed by atoms with van der Waals surface area (Å²) >= 11 is 0. The molecule has 3 rings (SSSR count). The zero-order valence-corrected chi connectivity index (χ0v) is 19.7. The molecular weight excluding hydrogens is 376 g/mol. The Morgan fingerprint density at radius 3 is 2.50 bits per heavy atom. The van der Waals surface area contributed by atoms with Crippen LogP contribution in [-0.4, -0.2) is 33.5 Å². The van der Waals surface area contributed by atoms with Crippen LogP contribution in [0.3, 0.4) is 0 Å². The van der Waals surface area contributed by atoms with E-state index in [1.807, 2.05) is 0 Å². The van der Waals surface area contributed by atoms with Crippen LogP contribution in [0, 0.1) is 46.8 Å². The summed E-state index contributed by atoms with van der Waals surface area (Å²) in [4.78, 5) is 11.0. The van der Waals surface area contributed by atoms with Crippen LogP contribution in [0.5, 0.6) is 0 Å². The summed E-state index contributed by atoms with van der Waals surface area (Å²) in [5.74, 6) is 2.50. The van der Waals surface area contributed by atoms with E-state index in [-0.39, 0.29) is 24.0 Å². The Balaban J connectivity index is 1.81. The molecule has 3 fully saturated rings. The fourth-order valence-electron chi connectivity index (χ4n) is 8.02. The van der Waals surface area contributed by atoms with E-state index in [1.165, 1.54) is 19.3 Å². The van der Waals surface area contributed by atoms with Gasteiger partial charge in [-0.1, -0.05) is 53.4 Å². The van der Waals surface area contributed by atoms with Gasteiger partial charge in [0.15, 0.2) is 0 Å². The molecule has 0 spiro atoms. The molecule has 0 saturated heterocycles. The molecule has 4 nitrogen and oxygen atoms in total. The fourth-order valence-corrected chi connectivity index (χ4v) is 8.02. The van der Waals surface area contributed by atoms with Gasteiger partial charge >= 0.3 is 5.97 Å². The Hall–Kier alpha value is -0.610. The SMILES string of the molecule is CC[C@H]1[C@@H](O)C2C(C)CCC([C@H](C)CCC(=O)O)CCCC2[C@@]2(C)CC[C@@H](O)C[C@@H]12. The number of carbonyl (C=O) groups is 1. The van der Waals surface area contributed by atoms with Crippen LogP contribution < -0.4 is 0 Å². The van der Waals surface area contributed by atoms with Crippen molar-refractivity contribution < 1.29 is 20.1 Å². The highest BCUT2D eigenvalue weighted by Gasteiger charge is 2.57. The van der Waals surface area contributed by atoms with Crippen LogP contribution >= 0.6 is 0 Å². The van der Waals surface area contributed by atoms with E-state index in [1.54, 1.807) is 0 Å². The number of carboxylic acids is 1. The summed E-state index contributed by atoms with van der Waals surface area (Å²) in [5, 5.41) is 31.1. The normalized spacial score (nSPS) is 45.9. The first-order valence-corrected chi connectivity index (χ1v) is 12.8. The number of hydrogen-bond donors (Lipinski definition) is 3. The van der Waals surface area contributed by atoms with Gasteiger partial charge in [-0.05, 0) is 85.4 Å². The third kappa shape index (κ3) is 4.75. The van der Waals surface area contributed by atoms with Crippen molar-refractivity contribution in [3.63, 3.8) is 0 Å². The molecular formula is C26H46O4. The molecule has 0 bridgehead atoms. The number of hydrogen-bond acceptors (Lipinski definition) is 3. The van der Waals surface area contributed by atoms with Gasteiger partial charge in [-0.15, -0.1) is 0 Å². The van der Waals surface area contributed by atoms with E-state index in [4.69, 9.17) is 5.11 Å². The highest BCUT2D eigenvalue weighted by atomic mass is 16.4. The smallest absolute Gasteiger partial charge is 0.303 e. The monoisotopic (exact) mass is 422 g/mol. The molecule has 4 unspecified atom stereocenters. The zero-order chi connectivity index (χ0) is 22.1. The standard InChI is InChI=1S/C26H46O4/c1-5-20-22-15-19(27)13-14-26(22,4)21-8-6-7-18(16(2)10-12-23(28)29)11-9-17(3)24(21)25(20)30/h16-22,24-25,27,30H,5-15H2,1-4H3,(H,28,29)/t16-,17?,18?,19-,20-,21?,22+,24?,25-,26-/m1/s1. The number of aliphatic hydroxyl groups excluding tert-OH is 2. The number of carboxylic acid groups (broad SMARTS) is 1. The highest BCUT2D eigenvalue weighted by Crippen LogP contribution is 2.61. The third-order valence-electron chi connectivity index (χ3n) is 9.88. The van der Waals surface area contributed by atoms with E-state index in [0.29, 0.717) is 41.4 Å². The minimum Gasteiger partial charge on any atom is -0.481 e. The van der Waals surface area contributed by atoms with Crippen LogP contribution in [0.1, 0.15) is 98.3 Å². The quantitative estimate of drug-likeness (QED) is 0.546. The first kappa shape index (κ1) is 24.0. The second-order valence-electron chi connectivity index (χ2n) is 11.4. The molecule has 0 aromatic carbocycles. The molecule has 174 valence electrons. The third-order valence-corrected chi connectivity index (χ3v) is 9.88. The first-order valence-electron chi connectivity index (χ1n) is 12.8. The molecule has 3 aliphatic carbocycles. The minimum absolute atomic E-state index is 0.200. The lowest BCUT2D eigenvalue weighted by atomic mass is 9.45. The summed E-state index contributed by atoms with van der Waals surface area (Å²) in [6.45, 7) is 9.30. The van der Waals surface area contributed by atoms with Gasteiger partial charge in [0.1, 0.15) is 0 Å². The van der Waals surface area contributed by atoms with Crippen LogP contribution in [0.4, 0.5) is 0 Å². The van der Waals surface area contributed by atoms with Crippen LogP contribution in [0.2, 0.25) is 0 Å². The Morgan fingerprint density at radius 2 is 1.83 bits per heavy atom. The van der Waals surface area contributed by atoms with Crippen molar-refractivity contribution in [2.45, 2.75) is 111 Å². The van der Waals surface area contributed by atoms with Gasteiger partial charge in [-0.2, -0.15) is 0 Å². The molecule has 30 heavy (non-hydrogen) atoms. The second-order valence-corrected chi connectivity index (χ2v) is 11.4. The van der Waals surface area contributed by atoms with Gasteiger partial charge in [0.25, 0.3) is 0 Å². The Kier molecular flexibility index (Phi) is 7.93. The largest absolute Gasteiger partial charge is 0.481 e. The lowest BCUT2D eigenvalue weighted by Gasteiger charge is -2.60. The maximum Gasteiger partial charge on any atom is 0.303 e. The van der Waals surface area contributed by atoms with Crippen molar-refractivity contribution in [2.75, 3.05) is 0 Å². The predicted octanol–water partition coefficient (Wildman–Crippen LogP) is 5.50. The summed E-state index contributed by atoms with van der Waals surface area (Å²) < 4.78 is 0. The molecule has 0 aromatic heterocycles. The number of fused-ring (bicyclic) bond motifs is 3. The molecule has 3 aliphatic rings. The molecule has 0 aromatic rings. The van der Waals surface area contributed by atoms with Crippen LogP contribution in [0.25, 0.3) is 0 Å². The van der Waals surface area contributed by atoms with Crippen molar-refractivity contribution >= 4 is 5.97 Å². The van der Waals surface area contributed by atoms with Gasteiger partial charge < -0.3 is 15.3 Å².